The maximum absolute atomic E-state index is 4.84. The quantitative estimate of drug-likeness (QED) is 0.249. The molecule has 1 fully saturated rings. The van der Waals surface area contributed by atoms with Crippen LogP contribution in [0, 0.1) is 6.92 Å². The van der Waals surface area contributed by atoms with Crippen LogP contribution in [0.5, 0.6) is 0 Å². The Morgan fingerprint density at radius 1 is 1.17 bits per heavy atom. The van der Waals surface area contributed by atoms with Gasteiger partial charge in [-0.2, -0.15) is 11.8 Å². The predicted octanol–water partition coefficient (Wildman–Crippen LogP) is 1.55. The summed E-state index contributed by atoms with van der Waals surface area (Å²) in [5, 5.41) is 11.9. The molecule has 29 heavy (non-hydrogen) atoms. The van der Waals surface area contributed by atoms with Crippen LogP contribution in [0.1, 0.15) is 18.1 Å². The Hall–Kier alpha value is -1.63. The zero-order valence-electron chi connectivity index (χ0n) is 17.3. The van der Waals surface area contributed by atoms with Gasteiger partial charge >= 0.3 is 0 Å². The Kier molecular flexibility index (Phi) is 9.91. The number of anilines is 1. The van der Waals surface area contributed by atoms with Crippen LogP contribution in [-0.2, 0) is 13.6 Å². The van der Waals surface area contributed by atoms with E-state index in [0.29, 0.717) is 6.54 Å². The standard InChI is InChI=1S/C18H29N9S.HI/c1-15-23-24-16(25(15)2)14-22-18(21-8-5-13-28-3)27-11-9-26(10-12-27)17-19-6-4-7-20-17;/h4,6-7H,5,8-14H2,1-3H3,(H,21,22);1H. The molecule has 1 saturated heterocycles. The van der Waals surface area contributed by atoms with Crippen LogP contribution >= 0.6 is 35.7 Å². The Morgan fingerprint density at radius 2 is 1.90 bits per heavy atom. The summed E-state index contributed by atoms with van der Waals surface area (Å²) in [6.07, 6.45) is 6.83. The number of hydrogen-bond donors (Lipinski definition) is 1. The number of guanidine groups is 1. The van der Waals surface area contributed by atoms with E-state index in [-0.39, 0.29) is 24.0 Å². The summed E-state index contributed by atoms with van der Waals surface area (Å²) >= 11 is 1.87. The second kappa shape index (κ2) is 12.2. The zero-order valence-corrected chi connectivity index (χ0v) is 20.4. The number of hydrogen-bond acceptors (Lipinski definition) is 7. The topological polar surface area (TPSA) is 87.4 Å². The molecule has 11 heteroatoms. The highest BCUT2D eigenvalue weighted by molar-refractivity contribution is 14.0. The van der Waals surface area contributed by atoms with Crippen LogP contribution in [0.4, 0.5) is 5.95 Å². The largest absolute Gasteiger partial charge is 0.356 e. The van der Waals surface area contributed by atoms with Crippen molar-refractivity contribution < 1.29 is 0 Å². The van der Waals surface area contributed by atoms with Gasteiger partial charge in [-0.1, -0.05) is 0 Å². The van der Waals surface area contributed by atoms with Gasteiger partial charge in [0.25, 0.3) is 0 Å². The Bertz CT molecular complexity index is 760. The first-order valence-electron chi connectivity index (χ1n) is 9.58. The van der Waals surface area contributed by atoms with Crippen molar-refractivity contribution in [3.05, 3.63) is 30.1 Å². The predicted molar refractivity (Wildman–Crippen MR) is 129 cm³/mol. The molecule has 0 unspecified atom stereocenters. The van der Waals surface area contributed by atoms with Gasteiger partial charge in [-0.25, -0.2) is 15.0 Å². The molecule has 1 N–H and O–H groups in total. The van der Waals surface area contributed by atoms with Crippen LogP contribution in [0.25, 0.3) is 0 Å². The Labute approximate surface area is 193 Å². The fraction of sp³-hybridized carbons (Fsp3) is 0.611. The highest BCUT2D eigenvalue weighted by Crippen LogP contribution is 2.10. The van der Waals surface area contributed by atoms with Crippen molar-refractivity contribution >= 4 is 47.6 Å². The average Bonchev–Trinajstić information content (AvgIpc) is 3.06. The van der Waals surface area contributed by atoms with Gasteiger partial charge in [0, 0.05) is 52.2 Å². The summed E-state index contributed by atoms with van der Waals surface area (Å²) < 4.78 is 1.99. The molecule has 160 valence electrons. The van der Waals surface area contributed by atoms with Gasteiger partial charge in [0.2, 0.25) is 5.95 Å². The SMILES string of the molecule is CSCCCNC(=NCc1nnc(C)n1C)N1CCN(c2ncccn2)CC1.I. The third kappa shape index (κ3) is 6.69. The number of halogens is 1. The normalized spacial score (nSPS) is 14.7. The van der Waals surface area contributed by atoms with Crippen LogP contribution < -0.4 is 10.2 Å². The molecule has 0 spiro atoms. The molecule has 3 heterocycles. The van der Waals surface area contributed by atoms with Crippen molar-refractivity contribution in [2.24, 2.45) is 12.0 Å². The van der Waals surface area contributed by atoms with Crippen LogP contribution in [0.15, 0.2) is 23.5 Å². The summed E-state index contributed by atoms with van der Waals surface area (Å²) in [5.74, 6) is 4.65. The number of aromatic nitrogens is 5. The summed E-state index contributed by atoms with van der Waals surface area (Å²) in [6, 6.07) is 1.84. The first kappa shape index (κ1) is 23.6. The molecular weight excluding hydrogens is 501 g/mol. The lowest BCUT2D eigenvalue weighted by atomic mass is 10.3. The van der Waals surface area contributed by atoms with Crippen molar-refractivity contribution in [3.63, 3.8) is 0 Å². The Balaban J connectivity index is 0.00000300. The zero-order chi connectivity index (χ0) is 19.8. The van der Waals surface area contributed by atoms with Gasteiger partial charge in [-0.15, -0.1) is 34.2 Å². The lowest BCUT2D eigenvalue weighted by Gasteiger charge is -2.36. The van der Waals surface area contributed by atoms with E-state index in [1.165, 1.54) is 0 Å². The van der Waals surface area contributed by atoms with Crippen molar-refractivity contribution in [2.75, 3.05) is 49.6 Å². The van der Waals surface area contributed by atoms with Crippen LogP contribution in [0.2, 0.25) is 0 Å². The third-order valence-electron chi connectivity index (χ3n) is 4.78. The second-order valence-electron chi connectivity index (χ2n) is 6.66. The minimum atomic E-state index is 0. The molecule has 0 radical (unpaired) electrons. The molecule has 2 aromatic rings. The van der Waals surface area contributed by atoms with E-state index in [1.807, 2.05) is 36.4 Å². The lowest BCUT2D eigenvalue weighted by molar-refractivity contribution is 0.369. The van der Waals surface area contributed by atoms with E-state index < -0.39 is 0 Å². The molecule has 0 amide bonds. The van der Waals surface area contributed by atoms with Gasteiger partial charge < -0.3 is 19.7 Å². The molecule has 0 bridgehead atoms. The number of nitrogens with zero attached hydrogens (tertiary/aromatic N) is 8. The van der Waals surface area contributed by atoms with Crippen molar-refractivity contribution in [2.45, 2.75) is 19.9 Å². The molecular formula is C18H30IN9S. The first-order valence-corrected chi connectivity index (χ1v) is 11.0. The highest BCUT2D eigenvalue weighted by Gasteiger charge is 2.21. The molecule has 2 aromatic heterocycles. The fourth-order valence-corrected chi connectivity index (χ4v) is 3.42. The van der Waals surface area contributed by atoms with E-state index in [2.05, 4.69) is 41.5 Å². The summed E-state index contributed by atoms with van der Waals surface area (Å²) in [6.45, 7) is 6.89. The maximum atomic E-state index is 4.84. The molecule has 0 atom stereocenters. The van der Waals surface area contributed by atoms with Crippen molar-refractivity contribution in [1.82, 2.24) is 34.9 Å². The number of aliphatic imine (C=N–C) groups is 1. The molecule has 1 aliphatic heterocycles. The maximum Gasteiger partial charge on any atom is 0.225 e. The summed E-state index contributed by atoms with van der Waals surface area (Å²) in [5.41, 5.74) is 0. The summed E-state index contributed by atoms with van der Waals surface area (Å²) in [7, 11) is 1.98. The van der Waals surface area contributed by atoms with E-state index in [1.54, 1.807) is 12.4 Å². The van der Waals surface area contributed by atoms with E-state index in [4.69, 9.17) is 4.99 Å². The molecule has 3 rings (SSSR count). The fourth-order valence-electron chi connectivity index (χ4n) is 2.99. The number of rotatable bonds is 7. The summed E-state index contributed by atoms with van der Waals surface area (Å²) in [4.78, 5) is 18.1. The minimum absolute atomic E-state index is 0. The first-order chi connectivity index (χ1) is 13.7. The number of piperazine rings is 1. The molecule has 0 aromatic carbocycles. The third-order valence-corrected chi connectivity index (χ3v) is 5.47. The van der Waals surface area contributed by atoms with Crippen LogP contribution in [0.3, 0.4) is 0 Å². The van der Waals surface area contributed by atoms with Gasteiger partial charge in [0.15, 0.2) is 11.8 Å². The van der Waals surface area contributed by atoms with Crippen LogP contribution in [-0.4, -0.2) is 80.3 Å². The van der Waals surface area contributed by atoms with Gasteiger partial charge in [0.05, 0.1) is 0 Å². The average molecular weight is 531 g/mol. The number of aryl methyl sites for hydroxylation is 1. The van der Waals surface area contributed by atoms with E-state index >= 15 is 0 Å². The second-order valence-corrected chi connectivity index (χ2v) is 7.64. The minimum Gasteiger partial charge on any atom is -0.356 e. The van der Waals surface area contributed by atoms with Crippen molar-refractivity contribution in [1.29, 1.82) is 0 Å². The van der Waals surface area contributed by atoms with Gasteiger partial charge in [-0.3, -0.25) is 0 Å². The lowest BCUT2D eigenvalue weighted by Crippen LogP contribution is -2.53. The van der Waals surface area contributed by atoms with Gasteiger partial charge in [-0.05, 0) is 31.4 Å². The monoisotopic (exact) mass is 531 g/mol. The van der Waals surface area contributed by atoms with E-state index in [0.717, 1.165) is 68.5 Å². The molecule has 9 nitrogen and oxygen atoms in total. The van der Waals surface area contributed by atoms with Crippen molar-refractivity contribution in [3.8, 4) is 0 Å². The molecule has 0 saturated carbocycles. The number of thioether (sulfide) groups is 1. The van der Waals surface area contributed by atoms with Gasteiger partial charge in [0.1, 0.15) is 12.4 Å². The van der Waals surface area contributed by atoms with E-state index in [9.17, 15) is 0 Å². The smallest absolute Gasteiger partial charge is 0.225 e. The highest BCUT2D eigenvalue weighted by atomic mass is 127. The Morgan fingerprint density at radius 3 is 2.52 bits per heavy atom. The molecule has 0 aliphatic carbocycles. The molecule has 1 aliphatic rings. The number of nitrogens with one attached hydrogen (secondary N) is 1.